The lowest BCUT2D eigenvalue weighted by Gasteiger charge is -2.49. The third-order valence-corrected chi connectivity index (χ3v) is 8.17. The number of rotatable bonds is 9. The molecule has 0 aromatic carbocycles. The third kappa shape index (κ3) is 7.05. The van der Waals surface area contributed by atoms with Gasteiger partial charge < -0.3 is 99.5 Å². The Morgan fingerprint density at radius 2 is 0.841 bits per heavy atom. The lowest BCUT2D eigenvalue weighted by Crippen LogP contribution is -2.67. The predicted molar refractivity (Wildman–Crippen MR) is 132 cm³/mol. The van der Waals surface area contributed by atoms with Crippen LogP contribution in [0.15, 0.2) is 0 Å². The van der Waals surface area contributed by atoms with E-state index >= 15 is 0 Å². The van der Waals surface area contributed by atoms with E-state index in [1.54, 1.807) is 0 Å². The van der Waals surface area contributed by atoms with Gasteiger partial charge in [-0.05, 0) is 6.92 Å². The van der Waals surface area contributed by atoms with Crippen LogP contribution in [0.1, 0.15) is 6.92 Å². The Bertz CT molecular complexity index is 898. The van der Waals surface area contributed by atoms with Gasteiger partial charge in [-0.2, -0.15) is 0 Å². The zero-order valence-electron chi connectivity index (χ0n) is 23.3. The molecule has 258 valence electrons. The maximum absolute atomic E-state index is 10.9. The van der Waals surface area contributed by atoms with Crippen LogP contribution in [-0.4, -0.2) is 209 Å². The standard InChI is InChI=1S/C24H42O20/c1-5-9(28)11(30)16(35)22(38-5)42-19-8(4-27)41-23(17(36)14(19)33)44-20-12(31)10(29)6(2-25)40-24(20)43-18-7(3-26)39-21(37)15(34)13(18)32/h5-37H,2-4H2,1H3/t5-,6+,7+,8+,9-,10+,11+,12-,13+,14+,15+,16+,17+,18-,19+,20+,21+,22-,23-,24-/m0/s1. The van der Waals surface area contributed by atoms with Crippen molar-refractivity contribution in [2.24, 2.45) is 0 Å². The maximum Gasteiger partial charge on any atom is 0.187 e. The smallest absolute Gasteiger partial charge is 0.187 e. The minimum absolute atomic E-state index is 0.831. The largest absolute Gasteiger partial charge is 0.394 e. The first-order valence-electron chi connectivity index (χ1n) is 14.0. The molecular weight excluding hydrogens is 608 g/mol. The molecule has 4 aliphatic rings. The van der Waals surface area contributed by atoms with Gasteiger partial charge in [0.2, 0.25) is 0 Å². The van der Waals surface area contributed by atoms with E-state index < -0.39 is 143 Å². The summed E-state index contributed by atoms with van der Waals surface area (Å²) in [6, 6.07) is 0. The summed E-state index contributed by atoms with van der Waals surface area (Å²) in [4.78, 5) is 0. The summed E-state index contributed by atoms with van der Waals surface area (Å²) in [5.74, 6) is 0. The normalized spacial score (nSPS) is 53.9. The van der Waals surface area contributed by atoms with Gasteiger partial charge in [-0.3, -0.25) is 0 Å². The number of ether oxygens (including phenoxy) is 7. The Balaban J connectivity index is 1.52. The van der Waals surface area contributed by atoms with Crippen molar-refractivity contribution in [3.05, 3.63) is 0 Å². The second-order valence-electron chi connectivity index (χ2n) is 11.1. The lowest BCUT2D eigenvalue weighted by molar-refractivity contribution is -0.395. The van der Waals surface area contributed by atoms with Crippen molar-refractivity contribution in [1.82, 2.24) is 0 Å². The van der Waals surface area contributed by atoms with Gasteiger partial charge in [-0.15, -0.1) is 0 Å². The average molecular weight is 651 g/mol. The summed E-state index contributed by atoms with van der Waals surface area (Å²) in [5.41, 5.74) is 0. The second-order valence-corrected chi connectivity index (χ2v) is 11.1. The molecule has 0 aromatic rings. The van der Waals surface area contributed by atoms with E-state index in [0.717, 1.165) is 0 Å². The monoisotopic (exact) mass is 650 g/mol. The molecule has 0 aromatic heterocycles. The Hall–Kier alpha value is -0.800. The fourth-order valence-electron chi connectivity index (χ4n) is 5.47. The quantitative estimate of drug-likeness (QED) is 0.110. The van der Waals surface area contributed by atoms with Gasteiger partial charge in [-0.25, -0.2) is 0 Å². The molecule has 0 unspecified atom stereocenters. The third-order valence-electron chi connectivity index (χ3n) is 8.17. The zero-order chi connectivity index (χ0) is 32.6. The maximum atomic E-state index is 10.9. The molecule has 20 nitrogen and oxygen atoms in total. The molecule has 13 N–H and O–H groups in total. The Morgan fingerprint density at radius 3 is 1.43 bits per heavy atom. The number of aliphatic hydroxyl groups excluding tert-OH is 13. The van der Waals surface area contributed by atoms with Crippen LogP contribution in [0.2, 0.25) is 0 Å². The molecule has 20 atom stereocenters. The van der Waals surface area contributed by atoms with E-state index in [-0.39, 0.29) is 0 Å². The molecule has 0 spiro atoms. The summed E-state index contributed by atoms with van der Waals surface area (Å²) in [6.07, 6.45) is -34.3. The number of hydrogen-bond acceptors (Lipinski definition) is 20. The second kappa shape index (κ2) is 15.0. The summed E-state index contributed by atoms with van der Waals surface area (Å²) >= 11 is 0. The Morgan fingerprint density at radius 1 is 0.409 bits per heavy atom. The molecule has 20 heteroatoms. The molecule has 4 fully saturated rings. The van der Waals surface area contributed by atoms with Crippen molar-refractivity contribution >= 4 is 0 Å². The highest BCUT2D eigenvalue weighted by atomic mass is 16.8. The summed E-state index contributed by atoms with van der Waals surface area (Å²) in [7, 11) is 0. The minimum atomic E-state index is -2.03. The number of aliphatic hydroxyl groups is 13. The van der Waals surface area contributed by atoms with Gasteiger partial charge in [0, 0.05) is 0 Å². The van der Waals surface area contributed by atoms with Crippen LogP contribution in [0.25, 0.3) is 0 Å². The molecule has 4 saturated heterocycles. The zero-order valence-corrected chi connectivity index (χ0v) is 23.3. The van der Waals surface area contributed by atoms with Crippen molar-refractivity contribution < 1.29 is 99.5 Å². The molecule has 0 aliphatic carbocycles. The first kappa shape index (κ1) is 36.0. The molecule has 4 rings (SSSR count). The molecule has 4 aliphatic heterocycles. The topological polar surface area (TPSA) is 328 Å². The summed E-state index contributed by atoms with van der Waals surface area (Å²) < 4.78 is 38.3. The van der Waals surface area contributed by atoms with Gasteiger partial charge >= 0.3 is 0 Å². The van der Waals surface area contributed by atoms with Gasteiger partial charge in [0.15, 0.2) is 25.2 Å². The molecule has 0 bridgehead atoms. The van der Waals surface area contributed by atoms with Gasteiger partial charge in [0.1, 0.15) is 91.6 Å². The van der Waals surface area contributed by atoms with Gasteiger partial charge in [-0.1, -0.05) is 0 Å². The lowest BCUT2D eigenvalue weighted by atomic mass is 9.96. The summed E-state index contributed by atoms with van der Waals surface area (Å²) in [6.45, 7) is -1.17. The van der Waals surface area contributed by atoms with E-state index in [9.17, 15) is 66.4 Å². The van der Waals surface area contributed by atoms with Crippen molar-refractivity contribution in [2.45, 2.75) is 130 Å². The van der Waals surface area contributed by atoms with E-state index in [1.165, 1.54) is 6.92 Å². The Kier molecular flexibility index (Phi) is 12.3. The fraction of sp³-hybridized carbons (Fsp3) is 1.00. The molecule has 0 amide bonds. The van der Waals surface area contributed by atoms with E-state index in [0.29, 0.717) is 0 Å². The van der Waals surface area contributed by atoms with E-state index in [2.05, 4.69) is 0 Å². The van der Waals surface area contributed by atoms with Crippen LogP contribution < -0.4 is 0 Å². The van der Waals surface area contributed by atoms with E-state index in [1.807, 2.05) is 0 Å². The van der Waals surface area contributed by atoms with Crippen LogP contribution in [-0.2, 0) is 33.2 Å². The predicted octanol–water partition coefficient (Wildman–Crippen LogP) is -8.72. The highest BCUT2D eigenvalue weighted by Gasteiger charge is 2.55. The van der Waals surface area contributed by atoms with Crippen molar-refractivity contribution in [3.8, 4) is 0 Å². The van der Waals surface area contributed by atoms with Crippen LogP contribution in [0, 0.1) is 0 Å². The highest BCUT2D eigenvalue weighted by Crippen LogP contribution is 2.34. The van der Waals surface area contributed by atoms with Crippen LogP contribution >= 0.6 is 0 Å². The fourth-order valence-corrected chi connectivity index (χ4v) is 5.47. The van der Waals surface area contributed by atoms with Crippen molar-refractivity contribution in [3.63, 3.8) is 0 Å². The van der Waals surface area contributed by atoms with Gasteiger partial charge in [0.05, 0.1) is 25.9 Å². The van der Waals surface area contributed by atoms with Crippen molar-refractivity contribution in [2.75, 3.05) is 19.8 Å². The van der Waals surface area contributed by atoms with E-state index in [4.69, 9.17) is 33.2 Å². The Labute approximate surface area is 249 Å². The molecule has 4 heterocycles. The van der Waals surface area contributed by atoms with Crippen LogP contribution in [0.3, 0.4) is 0 Å². The highest BCUT2D eigenvalue weighted by molar-refractivity contribution is 4.97. The molecule has 0 radical (unpaired) electrons. The first-order valence-corrected chi connectivity index (χ1v) is 14.0. The molecule has 0 saturated carbocycles. The van der Waals surface area contributed by atoms with Gasteiger partial charge in [0.25, 0.3) is 0 Å². The summed E-state index contributed by atoms with van der Waals surface area (Å²) in [5, 5.41) is 133. The molecular formula is C24H42O20. The van der Waals surface area contributed by atoms with Crippen molar-refractivity contribution in [1.29, 1.82) is 0 Å². The van der Waals surface area contributed by atoms with Crippen LogP contribution in [0.4, 0.5) is 0 Å². The number of hydrogen-bond donors (Lipinski definition) is 13. The molecule has 44 heavy (non-hydrogen) atoms. The first-order chi connectivity index (χ1) is 20.7. The minimum Gasteiger partial charge on any atom is -0.394 e. The van der Waals surface area contributed by atoms with Crippen LogP contribution in [0.5, 0.6) is 0 Å². The average Bonchev–Trinajstić information content (AvgIpc) is 3.01. The SMILES string of the molecule is C[C@@H]1O[C@@H](O[C@H]2[C@H](O)[C@@H](O)[C@H](O[C@H]3[C@H](O[C@@H]4[C@H](O)[C@@H](O)[C@H](O)O[C@@H]4CO)O[C@H](CO)[C@@H](O)[C@@H]3O)O[C@@H]2CO)[C@H](O)[C@H](O)[C@H]1O.